The Hall–Kier alpha value is -1.35. The molecular formula is C24H43N3O5S. The molecule has 33 heavy (non-hydrogen) atoms. The minimum atomic E-state index is -3.33. The van der Waals surface area contributed by atoms with Crippen LogP contribution in [0.25, 0.3) is 0 Å². The number of fused-ring (bicyclic) bond motifs is 1. The Morgan fingerprint density at radius 1 is 1.00 bits per heavy atom. The Labute approximate surface area is 199 Å². The summed E-state index contributed by atoms with van der Waals surface area (Å²) in [5.41, 5.74) is -0.467. The quantitative estimate of drug-likeness (QED) is 0.657. The van der Waals surface area contributed by atoms with Gasteiger partial charge in [0.2, 0.25) is 15.9 Å². The van der Waals surface area contributed by atoms with Gasteiger partial charge in [0.25, 0.3) is 0 Å². The van der Waals surface area contributed by atoms with Gasteiger partial charge in [0.05, 0.1) is 23.9 Å². The molecule has 9 heteroatoms. The Balaban J connectivity index is 1.69. The summed E-state index contributed by atoms with van der Waals surface area (Å²) in [6.07, 6.45) is 5.59. The fourth-order valence-corrected chi connectivity index (χ4v) is 8.34. The van der Waals surface area contributed by atoms with Crippen LogP contribution in [0, 0.1) is 11.8 Å². The third-order valence-corrected chi connectivity index (χ3v) is 9.90. The summed E-state index contributed by atoms with van der Waals surface area (Å²) < 4.78 is 33.7. The first-order valence-electron chi connectivity index (χ1n) is 12.6. The molecule has 1 saturated heterocycles. The highest BCUT2D eigenvalue weighted by atomic mass is 32.2. The maximum absolute atomic E-state index is 12.8. The van der Waals surface area contributed by atoms with E-state index >= 15 is 0 Å². The number of rotatable bonds is 4. The van der Waals surface area contributed by atoms with Crippen molar-refractivity contribution in [2.75, 3.05) is 13.2 Å². The molecule has 8 nitrogen and oxygen atoms in total. The number of carbonyl (C=O) groups is 2. The van der Waals surface area contributed by atoms with E-state index in [0.29, 0.717) is 37.8 Å². The standard InChI is InChI=1S/C24H43N3O5S/c1-7-32-23(29)26-15-16(2)27(17(3)28)21-13-10-19(14-22(21)26)18-8-11-20(12-9-18)33(30,31)25-24(4,5)6/h16,18-22,25H,7-15H2,1-6H3/t16-,18?,19?,20?,21?,22?/m0/s1. The average Bonchev–Trinajstić information content (AvgIpc) is 2.71. The summed E-state index contributed by atoms with van der Waals surface area (Å²) in [7, 11) is -3.33. The molecule has 0 aromatic carbocycles. The van der Waals surface area contributed by atoms with Crippen LogP contribution in [0.5, 0.6) is 0 Å². The molecule has 3 aliphatic rings. The molecule has 4 atom stereocenters. The largest absolute Gasteiger partial charge is 0.450 e. The van der Waals surface area contributed by atoms with Crippen molar-refractivity contribution in [3.8, 4) is 0 Å². The molecule has 1 heterocycles. The Morgan fingerprint density at radius 2 is 1.61 bits per heavy atom. The number of carbonyl (C=O) groups excluding carboxylic acids is 2. The lowest BCUT2D eigenvalue weighted by molar-refractivity contribution is -0.142. The van der Waals surface area contributed by atoms with Gasteiger partial charge in [-0.3, -0.25) is 4.79 Å². The van der Waals surface area contributed by atoms with E-state index in [0.717, 1.165) is 32.1 Å². The average molecular weight is 486 g/mol. The van der Waals surface area contributed by atoms with Crippen LogP contribution in [0.1, 0.15) is 86.5 Å². The lowest BCUT2D eigenvalue weighted by Crippen LogP contribution is -2.67. The van der Waals surface area contributed by atoms with E-state index in [1.165, 1.54) is 0 Å². The molecule has 190 valence electrons. The summed E-state index contributed by atoms with van der Waals surface area (Å²) in [5, 5.41) is -0.330. The lowest BCUT2D eigenvalue weighted by atomic mass is 9.69. The van der Waals surface area contributed by atoms with Gasteiger partial charge in [0.1, 0.15) is 0 Å². The maximum atomic E-state index is 12.8. The summed E-state index contributed by atoms with van der Waals surface area (Å²) in [6.45, 7) is 11.9. The van der Waals surface area contributed by atoms with Gasteiger partial charge in [-0.25, -0.2) is 17.9 Å². The van der Waals surface area contributed by atoms with Crippen LogP contribution in [-0.4, -0.2) is 72.3 Å². The van der Waals surface area contributed by atoms with Gasteiger partial charge in [-0.1, -0.05) is 0 Å². The number of piperazine rings is 1. The van der Waals surface area contributed by atoms with Crippen LogP contribution in [0.15, 0.2) is 0 Å². The van der Waals surface area contributed by atoms with Crippen LogP contribution in [0.3, 0.4) is 0 Å². The van der Waals surface area contributed by atoms with Crippen molar-refractivity contribution in [3.63, 3.8) is 0 Å². The molecule has 3 fully saturated rings. The van der Waals surface area contributed by atoms with E-state index < -0.39 is 15.6 Å². The molecule has 0 aromatic rings. The smallest absolute Gasteiger partial charge is 0.410 e. The first-order chi connectivity index (χ1) is 15.3. The van der Waals surface area contributed by atoms with E-state index in [1.54, 1.807) is 6.92 Å². The zero-order valence-corrected chi connectivity index (χ0v) is 22.0. The fourth-order valence-electron chi connectivity index (χ4n) is 6.43. The van der Waals surface area contributed by atoms with Crippen molar-refractivity contribution in [1.82, 2.24) is 14.5 Å². The van der Waals surface area contributed by atoms with E-state index in [4.69, 9.17) is 4.74 Å². The predicted octanol–water partition coefficient (Wildman–Crippen LogP) is 3.51. The van der Waals surface area contributed by atoms with Gasteiger partial charge in [-0.05, 0) is 91.4 Å². The van der Waals surface area contributed by atoms with Crippen LogP contribution < -0.4 is 4.72 Å². The van der Waals surface area contributed by atoms with Crippen LogP contribution in [0.2, 0.25) is 0 Å². The first kappa shape index (κ1) is 26.3. The molecule has 0 spiro atoms. The second kappa shape index (κ2) is 10.1. The second-order valence-electron chi connectivity index (χ2n) is 11.3. The zero-order valence-electron chi connectivity index (χ0n) is 21.2. The zero-order chi connectivity index (χ0) is 24.6. The van der Waals surface area contributed by atoms with Crippen LogP contribution >= 0.6 is 0 Å². The summed E-state index contributed by atoms with van der Waals surface area (Å²) >= 11 is 0. The molecule has 3 rings (SSSR count). The Kier molecular flexibility index (Phi) is 8.04. The minimum absolute atomic E-state index is 0.0272. The fraction of sp³-hybridized carbons (Fsp3) is 0.917. The third kappa shape index (κ3) is 6.02. The van der Waals surface area contributed by atoms with Crippen LogP contribution in [-0.2, 0) is 19.6 Å². The maximum Gasteiger partial charge on any atom is 0.410 e. The summed E-state index contributed by atoms with van der Waals surface area (Å²) in [5.74, 6) is 0.961. The number of nitrogens with zero attached hydrogens (tertiary/aromatic N) is 2. The van der Waals surface area contributed by atoms with Gasteiger partial charge >= 0.3 is 6.09 Å². The topological polar surface area (TPSA) is 96.0 Å². The molecular weight excluding hydrogens is 442 g/mol. The highest BCUT2D eigenvalue weighted by molar-refractivity contribution is 7.90. The van der Waals surface area contributed by atoms with Crippen molar-refractivity contribution >= 4 is 22.0 Å². The molecule has 2 aliphatic carbocycles. The highest BCUT2D eigenvalue weighted by Crippen LogP contribution is 2.43. The van der Waals surface area contributed by atoms with E-state index in [1.807, 2.05) is 44.4 Å². The van der Waals surface area contributed by atoms with Gasteiger partial charge in [0, 0.05) is 25.0 Å². The molecule has 0 aromatic heterocycles. The molecule has 1 N–H and O–H groups in total. The van der Waals surface area contributed by atoms with Gasteiger partial charge in [-0.2, -0.15) is 0 Å². The monoisotopic (exact) mass is 485 g/mol. The van der Waals surface area contributed by atoms with Gasteiger partial charge in [-0.15, -0.1) is 0 Å². The molecule has 3 unspecified atom stereocenters. The summed E-state index contributed by atoms with van der Waals surface area (Å²) in [4.78, 5) is 29.0. The molecule has 1 aliphatic heterocycles. The number of sulfonamides is 1. The molecule has 0 radical (unpaired) electrons. The van der Waals surface area contributed by atoms with Crippen molar-refractivity contribution in [2.24, 2.45) is 11.8 Å². The lowest BCUT2D eigenvalue weighted by Gasteiger charge is -2.54. The van der Waals surface area contributed by atoms with Gasteiger partial charge < -0.3 is 14.5 Å². The van der Waals surface area contributed by atoms with Gasteiger partial charge in [0.15, 0.2) is 0 Å². The van der Waals surface area contributed by atoms with Crippen LogP contribution in [0.4, 0.5) is 4.79 Å². The van der Waals surface area contributed by atoms with Crippen molar-refractivity contribution in [3.05, 3.63) is 0 Å². The SMILES string of the molecule is CCOC(=O)N1C[C@H](C)N(C(C)=O)C2CCC(C3CCC(S(=O)(=O)NC(C)(C)C)CC3)CC21. The van der Waals surface area contributed by atoms with Crippen molar-refractivity contribution in [2.45, 2.75) is 115 Å². The van der Waals surface area contributed by atoms with Crippen molar-refractivity contribution < 1.29 is 22.7 Å². The highest BCUT2D eigenvalue weighted by Gasteiger charge is 2.48. The molecule has 0 bridgehead atoms. The van der Waals surface area contributed by atoms with E-state index in [2.05, 4.69) is 4.72 Å². The molecule has 2 amide bonds. The normalized spacial score (nSPS) is 33.4. The number of hydrogen-bond acceptors (Lipinski definition) is 5. The predicted molar refractivity (Wildman–Crippen MR) is 128 cm³/mol. The number of amides is 2. The van der Waals surface area contributed by atoms with E-state index in [-0.39, 0.29) is 35.4 Å². The Morgan fingerprint density at radius 3 is 2.15 bits per heavy atom. The number of hydrogen-bond donors (Lipinski definition) is 1. The number of ether oxygens (including phenoxy) is 1. The second-order valence-corrected chi connectivity index (χ2v) is 13.2. The Bertz CT molecular complexity index is 816. The van der Waals surface area contributed by atoms with Crippen molar-refractivity contribution in [1.29, 1.82) is 0 Å². The number of nitrogens with one attached hydrogen (secondary N) is 1. The first-order valence-corrected chi connectivity index (χ1v) is 14.1. The molecule has 2 saturated carbocycles. The summed E-state index contributed by atoms with van der Waals surface area (Å²) in [6, 6.07) is -0.0350. The van der Waals surface area contributed by atoms with E-state index in [9.17, 15) is 18.0 Å². The minimum Gasteiger partial charge on any atom is -0.450 e. The third-order valence-electron chi connectivity index (χ3n) is 7.65.